The van der Waals surface area contributed by atoms with E-state index in [1.165, 1.54) is 0 Å². The van der Waals surface area contributed by atoms with Crippen LogP contribution in [-0.4, -0.2) is 13.1 Å². The van der Waals surface area contributed by atoms with Gasteiger partial charge in [-0.25, -0.2) is 8.42 Å². The molecule has 7 heteroatoms. The maximum Gasteiger partial charge on any atom is 0.416 e. The van der Waals surface area contributed by atoms with E-state index < -0.39 is 26.3 Å². The van der Waals surface area contributed by atoms with Crippen molar-refractivity contribution < 1.29 is 21.6 Å². The fourth-order valence-electron chi connectivity index (χ4n) is 1.20. The Hall–Kier alpha value is -0.750. The average Bonchev–Trinajstić information content (AvgIpc) is 2.27. The summed E-state index contributed by atoms with van der Waals surface area (Å²) < 4.78 is 59.1. The summed E-state index contributed by atoms with van der Waals surface area (Å²) in [6.07, 6.45) is -4.29. The van der Waals surface area contributed by atoms with Crippen LogP contribution in [0.3, 0.4) is 0 Å². The molecule has 1 atom stereocenters. The Balaban J connectivity index is 3.12. The summed E-state index contributed by atoms with van der Waals surface area (Å²) >= 11 is 5.61. The van der Waals surface area contributed by atoms with Crippen LogP contribution < -0.4 is 0 Å². The van der Waals surface area contributed by atoms with Gasteiger partial charge in [0.2, 0.25) is 0 Å². The molecule has 1 aromatic carbocycles. The van der Waals surface area contributed by atoms with Crippen molar-refractivity contribution in [1.82, 2.24) is 0 Å². The lowest BCUT2D eigenvalue weighted by atomic mass is 10.2. The van der Waals surface area contributed by atoms with Crippen LogP contribution in [0.5, 0.6) is 0 Å². The van der Waals surface area contributed by atoms with Gasteiger partial charge in [-0.3, -0.25) is 0 Å². The molecule has 0 saturated heterocycles. The van der Waals surface area contributed by atoms with E-state index in [9.17, 15) is 21.6 Å². The first-order chi connectivity index (χ1) is 7.69. The van der Waals surface area contributed by atoms with Gasteiger partial charge < -0.3 is 0 Å². The van der Waals surface area contributed by atoms with Crippen LogP contribution in [-0.2, 0) is 16.0 Å². The molecular formula is C10H10ClF3O2S. The minimum atomic E-state index is -4.48. The van der Waals surface area contributed by atoms with Crippen LogP contribution >= 0.6 is 11.6 Å². The molecule has 0 saturated carbocycles. The maximum absolute atomic E-state index is 12.3. The van der Waals surface area contributed by atoms with E-state index in [1.54, 1.807) is 6.92 Å². The monoisotopic (exact) mass is 286 g/mol. The average molecular weight is 287 g/mol. The summed E-state index contributed by atoms with van der Waals surface area (Å²) in [7, 11) is -3.75. The van der Waals surface area contributed by atoms with Gasteiger partial charge in [-0.15, -0.1) is 11.6 Å². The van der Waals surface area contributed by atoms with E-state index in [2.05, 4.69) is 0 Å². The number of hydrogen-bond donors (Lipinski definition) is 0. The highest BCUT2D eigenvalue weighted by Gasteiger charge is 2.31. The molecule has 1 aromatic rings. The Morgan fingerprint density at radius 3 is 2.06 bits per heavy atom. The number of rotatable bonds is 3. The van der Waals surface area contributed by atoms with E-state index in [-0.39, 0.29) is 11.3 Å². The number of hydrogen-bond acceptors (Lipinski definition) is 2. The summed E-state index contributed by atoms with van der Waals surface area (Å²) in [4.78, 5) is -0.202. The smallest absolute Gasteiger partial charge is 0.222 e. The number of halogens is 4. The molecule has 2 nitrogen and oxygen atoms in total. The molecular weight excluding hydrogens is 277 g/mol. The zero-order chi connectivity index (χ0) is 13.3. The van der Waals surface area contributed by atoms with Gasteiger partial charge in [-0.05, 0) is 30.7 Å². The number of benzene rings is 1. The first-order valence-corrected chi connectivity index (χ1v) is 6.73. The molecule has 96 valence electrons. The molecule has 0 aromatic heterocycles. The largest absolute Gasteiger partial charge is 0.416 e. The predicted octanol–water partition coefficient (Wildman–Crippen LogP) is 3.45. The van der Waals surface area contributed by atoms with E-state index in [0.29, 0.717) is 0 Å². The lowest BCUT2D eigenvalue weighted by Crippen LogP contribution is -2.15. The molecule has 0 spiro atoms. The molecule has 17 heavy (non-hydrogen) atoms. The normalized spacial score (nSPS) is 14.6. The quantitative estimate of drug-likeness (QED) is 0.798. The molecule has 0 N–H and O–H groups in total. The standard InChI is InChI=1S/C10H10ClF3O2S/c1-2-9(11)17(15,16)8-5-3-7(4-6-8)10(12,13)14/h3-6,9H,2H2,1H3. The molecule has 1 unspecified atom stereocenters. The van der Waals surface area contributed by atoms with Crippen molar-refractivity contribution in [3.8, 4) is 0 Å². The topological polar surface area (TPSA) is 34.1 Å². The highest BCUT2D eigenvalue weighted by atomic mass is 35.5. The van der Waals surface area contributed by atoms with Crippen LogP contribution in [0.25, 0.3) is 0 Å². The Bertz CT molecular complexity index is 479. The van der Waals surface area contributed by atoms with Crippen molar-refractivity contribution in [3.05, 3.63) is 29.8 Å². The van der Waals surface area contributed by atoms with Gasteiger partial charge in [-0.2, -0.15) is 13.2 Å². The zero-order valence-electron chi connectivity index (χ0n) is 8.83. The van der Waals surface area contributed by atoms with Crippen molar-refractivity contribution in [2.24, 2.45) is 0 Å². The first-order valence-electron chi connectivity index (χ1n) is 4.75. The van der Waals surface area contributed by atoms with E-state index in [1.807, 2.05) is 0 Å². The SMILES string of the molecule is CCC(Cl)S(=O)(=O)c1ccc(C(F)(F)F)cc1. The second-order valence-corrected chi connectivity index (χ2v) is 6.30. The van der Waals surface area contributed by atoms with Crippen LogP contribution in [0.1, 0.15) is 18.9 Å². The van der Waals surface area contributed by atoms with Gasteiger partial charge in [0.15, 0.2) is 9.84 Å². The molecule has 0 bridgehead atoms. The third-order valence-corrected chi connectivity index (χ3v) is 5.12. The van der Waals surface area contributed by atoms with E-state index in [0.717, 1.165) is 24.3 Å². The van der Waals surface area contributed by atoms with Crippen molar-refractivity contribution in [1.29, 1.82) is 0 Å². The molecule has 0 heterocycles. The third-order valence-electron chi connectivity index (χ3n) is 2.17. The minimum absolute atomic E-state index is 0.185. The fraction of sp³-hybridized carbons (Fsp3) is 0.400. The van der Waals surface area contributed by atoms with Crippen molar-refractivity contribution in [2.45, 2.75) is 29.1 Å². The first kappa shape index (κ1) is 14.3. The Kier molecular flexibility index (Phi) is 4.09. The van der Waals surface area contributed by atoms with Crippen LogP contribution in [0.2, 0.25) is 0 Å². The molecule has 0 aliphatic heterocycles. The Morgan fingerprint density at radius 2 is 1.71 bits per heavy atom. The Labute approximate surface area is 102 Å². The molecule has 0 radical (unpaired) electrons. The van der Waals surface area contributed by atoms with Crippen LogP contribution in [0.4, 0.5) is 13.2 Å². The highest BCUT2D eigenvalue weighted by molar-refractivity contribution is 7.93. The second kappa shape index (κ2) is 4.86. The van der Waals surface area contributed by atoms with Crippen molar-refractivity contribution in [2.75, 3.05) is 0 Å². The third kappa shape index (κ3) is 3.13. The highest BCUT2D eigenvalue weighted by Crippen LogP contribution is 2.30. The molecule has 0 aliphatic carbocycles. The van der Waals surface area contributed by atoms with Gasteiger partial charge in [-0.1, -0.05) is 6.92 Å². The molecule has 0 fully saturated rings. The second-order valence-electron chi connectivity index (χ2n) is 3.39. The summed E-state index contributed by atoms with van der Waals surface area (Å²) in [6.45, 7) is 1.58. The van der Waals surface area contributed by atoms with Gasteiger partial charge in [0, 0.05) is 0 Å². The summed E-state index contributed by atoms with van der Waals surface area (Å²) in [5, 5.41) is 0. The number of sulfone groups is 1. The number of alkyl halides is 4. The summed E-state index contributed by atoms with van der Waals surface area (Å²) in [5.41, 5.74) is -0.890. The maximum atomic E-state index is 12.3. The molecule has 0 aliphatic rings. The lowest BCUT2D eigenvalue weighted by Gasteiger charge is -2.10. The van der Waals surface area contributed by atoms with E-state index >= 15 is 0 Å². The van der Waals surface area contributed by atoms with E-state index in [4.69, 9.17) is 11.6 Å². The summed E-state index contributed by atoms with van der Waals surface area (Å²) in [5.74, 6) is 0. The Morgan fingerprint density at radius 1 is 1.24 bits per heavy atom. The van der Waals surface area contributed by atoms with Gasteiger partial charge in [0.05, 0.1) is 10.5 Å². The van der Waals surface area contributed by atoms with Gasteiger partial charge in [0.25, 0.3) is 0 Å². The van der Waals surface area contributed by atoms with Crippen LogP contribution in [0.15, 0.2) is 29.2 Å². The van der Waals surface area contributed by atoms with Gasteiger partial charge >= 0.3 is 6.18 Å². The predicted molar refractivity (Wildman–Crippen MR) is 58.6 cm³/mol. The summed E-state index contributed by atoms with van der Waals surface area (Å²) in [6, 6.07) is 3.30. The molecule has 0 amide bonds. The minimum Gasteiger partial charge on any atom is -0.222 e. The van der Waals surface area contributed by atoms with Gasteiger partial charge in [0.1, 0.15) is 4.71 Å². The van der Waals surface area contributed by atoms with Crippen molar-refractivity contribution >= 4 is 21.4 Å². The van der Waals surface area contributed by atoms with Crippen molar-refractivity contribution in [3.63, 3.8) is 0 Å². The zero-order valence-corrected chi connectivity index (χ0v) is 10.4. The lowest BCUT2D eigenvalue weighted by molar-refractivity contribution is -0.137. The molecule has 1 rings (SSSR count). The van der Waals surface area contributed by atoms with Crippen LogP contribution in [0, 0.1) is 0 Å². The fourth-order valence-corrected chi connectivity index (χ4v) is 2.76.